The fraction of sp³-hybridized carbons (Fsp3) is 0.556. The number of hydrogen-bond acceptors (Lipinski definition) is 2. The van der Waals surface area contributed by atoms with E-state index in [1.807, 2.05) is 13.8 Å². The molecular weight excluding hydrogens is 168 g/mol. The molecule has 13 heavy (non-hydrogen) atoms. The minimum atomic E-state index is -0.863. The van der Waals surface area contributed by atoms with Crippen LogP contribution in [0, 0.1) is 0 Å². The second-order valence-corrected chi connectivity index (χ2v) is 3.42. The summed E-state index contributed by atoms with van der Waals surface area (Å²) < 4.78 is 1.47. The number of carboxylic acids is 1. The van der Waals surface area contributed by atoms with Crippen LogP contribution in [0.3, 0.4) is 0 Å². The third-order valence-corrected chi connectivity index (χ3v) is 2.04. The zero-order chi connectivity index (χ0) is 10.0. The van der Waals surface area contributed by atoms with Crippen LogP contribution in [-0.4, -0.2) is 20.9 Å². The van der Waals surface area contributed by atoms with Gasteiger partial charge < -0.3 is 5.11 Å². The van der Waals surface area contributed by atoms with Gasteiger partial charge in [0.2, 0.25) is 0 Å². The molecule has 0 aliphatic carbocycles. The third kappa shape index (κ3) is 2.08. The van der Waals surface area contributed by atoms with E-state index >= 15 is 0 Å². The Morgan fingerprint density at radius 1 is 1.54 bits per heavy atom. The quantitative estimate of drug-likeness (QED) is 0.773. The van der Waals surface area contributed by atoms with E-state index in [2.05, 4.69) is 5.10 Å². The second-order valence-electron chi connectivity index (χ2n) is 3.42. The monoisotopic (exact) mass is 182 g/mol. The van der Waals surface area contributed by atoms with Crippen molar-refractivity contribution in [3.05, 3.63) is 18.0 Å². The Morgan fingerprint density at radius 3 is 2.54 bits per heavy atom. The topological polar surface area (TPSA) is 55.1 Å². The maximum absolute atomic E-state index is 10.6. The van der Waals surface area contributed by atoms with Crippen LogP contribution in [0.15, 0.2) is 12.4 Å². The summed E-state index contributed by atoms with van der Waals surface area (Å²) in [6.07, 6.45) is 3.49. The van der Waals surface area contributed by atoms with Gasteiger partial charge in [-0.1, -0.05) is 13.8 Å². The lowest BCUT2D eigenvalue weighted by Crippen LogP contribution is -2.15. The molecule has 4 heteroatoms. The average molecular weight is 182 g/mol. The lowest BCUT2D eigenvalue weighted by molar-refractivity contribution is -0.140. The minimum absolute atomic E-state index is 0.384. The Hall–Kier alpha value is -1.32. The predicted octanol–water partition coefficient (Wildman–Crippen LogP) is 1.65. The molecule has 0 aliphatic rings. The molecule has 0 aliphatic heterocycles. The first-order valence-electron chi connectivity index (χ1n) is 4.29. The van der Waals surface area contributed by atoms with Crippen LogP contribution in [0.25, 0.3) is 0 Å². The molecule has 4 nitrogen and oxygen atoms in total. The Morgan fingerprint density at radius 2 is 2.15 bits per heavy atom. The molecule has 0 aromatic carbocycles. The maximum Gasteiger partial charge on any atom is 0.328 e. The molecule has 0 saturated heterocycles. The van der Waals surface area contributed by atoms with Gasteiger partial charge in [-0.25, -0.2) is 4.79 Å². The number of rotatable bonds is 3. The van der Waals surface area contributed by atoms with Crippen molar-refractivity contribution in [3.8, 4) is 0 Å². The molecule has 1 rings (SSSR count). The number of hydrogen-bond donors (Lipinski definition) is 1. The molecule has 0 radical (unpaired) electrons. The van der Waals surface area contributed by atoms with E-state index in [9.17, 15) is 4.79 Å². The van der Waals surface area contributed by atoms with Crippen molar-refractivity contribution < 1.29 is 9.90 Å². The van der Waals surface area contributed by atoms with E-state index in [1.165, 1.54) is 4.68 Å². The molecule has 1 N–H and O–H groups in total. The molecule has 1 aromatic rings. The van der Waals surface area contributed by atoms with E-state index in [4.69, 9.17) is 5.11 Å². The Bertz CT molecular complexity index is 304. The Labute approximate surface area is 77.2 Å². The first-order valence-corrected chi connectivity index (χ1v) is 4.29. The van der Waals surface area contributed by atoms with Crippen LogP contribution in [0.2, 0.25) is 0 Å². The largest absolute Gasteiger partial charge is 0.480 e. The predicted molar refractivity (Wildman–Crippen MR) is 48.7 cm³/mol. The number of aromatic nitrogens is 2. The SMILES string of the molecule is CC(C)c1cnn(C(C)C(=O)O)c1. The number of nitrogens with zero attached hydrogens (tertiary/aromatic N) is 2. The van der Waals surface area contributed by atoms with Crippen LogP contribution in [0.5, 0.6) is 0 Å². The summed E-state index contributed by atoms with van der Waals surface area (Å²) >= 11 is 0. The van der Waals surface area contributed by atoms with Crippen molar-refractivity contribution in [2.24, 2.45) is 0 Å². The summed E-state index contributed by atoms with van der Waals surface area (Å²) in [6.45, 7) is 5.71. The van der Waals surface area contributed by atoms with Crippen LogP contribution >= 0.6 is 0 Å². The Balaban J connectivity index is 2.85. The van der Waals surface area contributed by atoms with E-state index in [0.717, 1.165) is 5.56 Å². The summed E-state index contributed by atoms with van der Waals surface area (Å²) in [4.78, 5) is 10.6. The highest BCUT2D eigenvalue weighted by molar-refractivity contribution is 5.71. The lowest BCUT2D eigenvalue weighted by atomic mass is 10.1. The van der Waals surface area contributed by atoms with Gasteiger partial charge in [0, 0.05) is 6.20 Å². The van der Waals surface area contributed by atoms with Gasteiger partial charge in [-0.3, -0.25) is 4.68 Å². The summed E-state index contributed by atoms with van der Waals surface area (Å²) in [6, 6.07) is -0.590. The van der Waals surface area contributed by atoms with E-state index < -0.39 is 12.0 Å². The summed E-state index contributed by atoms with van der Waals surface area (Å²) in [7, 11) is 0. The zero-order valence-electron chi connectivity index (χ0n) is 8.06. The van der Waals surface area contributed by atoms with Crippen molar-refractivity contribution in [1.29, 1.82) is 0 Å². The first-order chi connectivity index (χ1) is 6.02. The highest BCUT2D eigenvalue weighted by atomic mass is 16.4. The smallest absolute Gasteiger partial charge is 0.328 e. The summed E-state index contributed by atoms with van der Waals surface area (Å²) in [5.74, 6) is -0.479. The van der Waals surface area contributed by atoms with E-state index in [1.54, 1.807) is 19.3 Å². The third-order valence-electron chi connectivity index (χ3n) is 2.04. The van der Waals surface area contributed by atoms with Crippen molar-refractivity contribution in [3.63, 3.8) is 0 Å². The second kappa shape index (κ2) is 3.60. The summed E-state index contributed by atoms with van der Waals surface area (Å²) in [5.41, 5.74) is 1.06. The molecule has 1 aromatic heterocycles. The highest BCUT2D eigenvalue weighted by Crippen LogP contribution is 2.14. The van der Waals surface area contributed by atoms with Gasteiger partial charge in [-0.15, -0.1) is 0 Å². The zero-order valence-corrected chi connectivity index (χ0v) is 8.06. The van der Waals surface area contributed by atoms with Gasteiger partial charge >= 0.3 is 5.97 Å². The number of carboxylic acid groups (broad SMARTS) is 1. The standard InChI is InChI=1S/C9H14N2O2/c1-6(2)8-4-10-11(5-8)7(3)9(12)13/h4-7H,1-3H3,(H,12,13). The molecule has 0 saturated carbocycles. The van der Waals surface area contributed by atoms with Gasteiger partial charge in [0.25, 0.3) is 0 Å². The molecule has 0 bridgehead atoms. The Kier molecular flexibility index (Phi) is 2.70. The fourth-order valence-electron chi connectivity index (χ4n) is 0.976. The molecule has 0 amide bonds. The van der Waals surface area contributed by atoms with Crippen LogP contribution in [-0.2, 0) is 4.79 Å². The molecular formula is C9H14N2O2. The average Bonchev–Trinajstić information content (AvgIpc) is 2.50. The highest BCUT2D eigenvalue weighted by Gasteiger charge is 2.14. The number of aliphatic carboxylic acids is 1. The number of carbonyl (C=O) groups is 1. The van der Waals surface area contributed by atoms with Gasteiger partial charge in [0.15, 0.2) is 0 Å². The van der Waals surface area contributed by atoms with Crippen LogP contribution in [0.4, 0.5) is 0 Å². The first kappa shape index (κ1) is 9.77. The molecule has 1 unspecified atom stereocenters. The van der Waals surface area contributed by atoms with Crippen molar-refractivity contribution in [2.45, 2.75) is 32.7 Å². The van der Waals surface area contributed by atoms with Crippen LogP contribution < -0.4 is 0 Å². The normalized spacial score (nSPS) is 13.2. The van der Waals surface area contributed by atoms with E-state index in [-0.39, 0.29) is 0 Å². The van der Waals surface area contributed by atoms with Crippen molar-refractivity contribution in [2.75, 3.05) is 0 Å². The van der Waals surface area contributed by atoms with Crippen LogP contribution in [0.1, 0.15) is 38.3 Å². The molecule has 0 fully saturated rings. The minimum Gasteiger partial charge on any atom is -0.480 e. The molecule has 1 atom stereocenters. The van der Waals surface area contributed by atoms with Crippen molar-refractivity contribution >= 4 is 5.97 Å². The van der Waals surface area contributed by atoms with Gasteiger partial charge in [0.1, 0.15) is 6.04 Å². The fourth-order valence-corrected chi connectivity index (χ4v) is 0.976. The van der Waals surface area contributed by atoms with Crippen molar-refractivity contribution in [1.82, 2.24) is 9.78 Å². The van der Waals surface area contributed by atoms with Gasteiger partial charge in [-0.2, -0.15) is 5.10 Å². The maximum atomic E-state index is 10.6. The van der Waals surface area contributed by atoms with E-state index in [0.29, 0.717) is 5.92 Å². The molecule has 0 spiro atoms. The molecule has 1 heterocycles. The van der Waals surface area contributed by atoms with Gasteiger partial charge in [-0.05, 0) is 18.4 Å². The lowest BCUT2D eigenvalue weighted by Gasteiger charge is -2.05. The molecule has 72 valence electrons. The van der Waals surface area contributed by atoms with Gasteiger partial charge in [0.05, 0.1) is 6.20 Å². The summed E-state index contributed by atoms with van der Waals surface area (Å²) in [5, 5.41) is 12.7.